The van der Waals surface area contributed by atoms with Gasteiger partial charge in [0.25, 0.3) is 0 Å². The Balaban J connectivity index is 2.13. The number of hydrogen-bond acceptors (Lipinski definition) is 5. The lowest BCUT2D eigenvalue weighted by atomic mass is 10.1. The summed E-state index contributed by atoms with van der Waals surface area (Å²) < 4.78 is 1.59. The smallest absolute Gasteiger partial charge is 0.242 e. The number of tetrazole rings is 1. The second-order valence-electron chi connectivity index (χ2n) is 3.48. The van der Waals surface area contributed by atoms with E-state index in [1.807, 2.05) is 6.92 Å². The van der Waals surface area contributed by atoms with E-state index in [0.29, 0.717) is 11.9 Å². The number of anilines is 1. The van der Waals surface area contributed by atoms with Crippen molar-refractivity contribution in [2.45, 2.75) is 19.8 Å². The number of nitrogens with one attached hydrogen (secondary N) is 1. The normalized spacial score (nSPS) is 12.8. The first-order valence-electron chi connectivity index (χ1n) is 4.81. The Morgan fingerprint density at radius 3 is 2.93 bits per heavy atom. The van der Waals surface area contributed by atoms with Gasteiger partial charge < -0.3 is 10.4 Å². The number of rotatable bonds is 6. The second-order valence-corrected chi connectivity index (χ2v) is 3.48. The maximum Gasteiger partial charge on any atom is 0.242 e. The quantitative estimate of drug-likeness (QED) is 0.632. The first kappa shape index (κ1) is 10.9. The molecule has 0 aliphatic rings. The maximum atomic E-state index is 8.81. The molecule has 0 aliphatic heterocycles. The lowest BCUT2D eigenvalue weighted by molar-refractivity contribution is 0.229. The second kappa shape index (κ2) is 5.54. The summed E-state index contributed by atoms with van der Waals surface area (Å²) in [5.74, 6) is 1.05. The van der Waals surface area contributed by atoms with Crippen molar-refractivity contribution in [2.75, 3.05) is 18.5 Å². The standard InChI is InChI=1S/C8H17N5O/c1-7(6-14)4-3-5-9-8-10-11-12-13(8)2/h7,14H,3-6H2,1-2H3,(H,9,10,12). The van der Waals surface area contributed by atoms with Gasteiger partial charge >= 0.3 is 0 Å². The third-order valence-electron chi connectivity index (χ3n) is 2.09. The minimum absolute atomic E-state index is 0.255. The zero-order valence-electron chi connectivity index (χ0n) is 8.64. The molecule has 0 spiro atoms. The summed E-state index contributed by atoms with van der Waals surface area (Å²) in [4.78, 5) is 0. The van der Waals surface area contributed by atoms with E-state index in [1.165, 1.54) is 0 Å². The van der Waals surface area contributed by atoms with Crippen LogP contribution in [0.4, 0.5) is 5.95 Å². The highest BCUT2D eigenvalue weighted by Gasteiger charge is 2.01. The third-order valence-corrected chi connectivity index (χ3v) is 2.09. The molecule has 6 nitrogen and oxygen atoms in total. The van der Waals surface area contributed by atoms with Crippen LogP contribution in [0.3, 0.4) is 0 Å². The number of aryl methyl sites for hydroxylation is 1. The molecule has 0 fully saturated rings. The highest BCUT2D eigenvalue weighted by Crippen LogP contribution is 2.04. The van der Waals surface area contributed by atoms with Gasteiger partial charge in [-0.2, -0.15) is 0 Å². The monoisotopic (exact) mass is 199 g/mol. The van der Waals surface area contributed by atoms with Crippen molar-refractivity contribution in [1.82, 2.24) is 20.2 Å². The summed E-state index contributed by atoms with van der Waals surface area (Å²) in [6, 6.07) is 0. The van der Waals surface area contributed by atoms with Crippen LogP contribution >= 0.6 is 0 Å². The van der Waals surface area contributed by atoms with Crippen molar-refractivity contribution in [3.05, 3.63) is 0 Å². The average Bonchev–Trinajstić information content (AvgIpc) is 2.58. The maximum absolute atomic E-state index is 8.81. The van der Waals surface area contributed by atoms with Crippen LogP contribution in [-0.4, -0.2) is 38.5 Å². The van der Waals surface area contributed by atoms with Gasteiger partial charge in [0.1, 0.15) is 0 Å². The summed E-state index contributed by atoms with van der Waals surface area (Å²) in [5.41, 5.74) is 0. The van der Waals surface area contributed by atoms with Gasteiger partial charge in [-0.25, -0.2) is 4.68 Å². The van der Waals surface area contributed by atoms with E-state index in [2.05, 4.69) is 20.8 Å². The summed E-state index contributed by atoms with van der Waals surface area (Å²) in [7, 11) is 1.79. The first-order valence-corrected chi connectivity index (χ1v) is 4.81. The van der Waals surface area contributed by atoms with Crippen LogP contribution in [0.5, 0.6) is 0 Å². The Morgan fingerprint density at radius 1 is 1.57 bits per heavy atom. The fraction of sp³-hybridized carbons (Fsp3) is 0.875. The van der Waals surface area contributed by atoms with Crippen molar-refractivity contribution >= 4 is 5.95 Å². The summed E-state index contributed by atoms with van der Waals surface area (Å²) >= 11 is 0. The van der Waals surface area contributed by atoms with Crippen molar-refractivity contribution in [1.29, 1.82) is 0 Å². The number of hydrogen-bond donors (Lipinski definition) is 2. The van der Waals surface area contributed by atoms with Gasteiger partial charge in [0.05, 0.1) is 0 Å². The molecule has 1 aromatic rings. The molecule has 14 heavy (non-hydrogen) atoms. The third kappa shape index (κ3) is 3.29. The number of aliphatic hydroxyl groups is 1. The Morgan fingerprint density at radius 2 is 2.36 bits per heavy atom. The fourth-order valence-corrected chi connectivity index (χ4v) is 1.12. The molecule has 2 N–H and O–H groups in total. The van der Waals surface area contributed by atoms with Gasteiger partial charge in [0.2, 0.25) is 5.95 Å². The molecule has 1 aromatic heterocycles. The van der Waals surface area contributed by atoms with Crippen molar-refractivity contribution in [2.24, 2.45) is 13.0 Å². The molecule has 1 atom stereocenters. The molecule has 0 aromatic carbocycles. The topological polar surface area (TPSA) is 75.9 Å². The van der Waals surface area contributed by atoms with Gasteiger partial charge in [0, 0.05) is 20.2 Å². The van der Waals surface area contributed by atoms with Crippen LogP contribution < -0.4 is 5.32 Å². The van der Waals surface area contributed by atoms with E-state index in [1.54, 1.807) is 11.7 Å². The lowest BCUT2D eigenvalue weighted by Crippen LogP contribution is -2.09. The summed E-state index contributed by atoms with van der Waals surface area (Å²) in [5, 5.41) is 22.9. The van der Waals surface area contributed by atoms with E-state index >= 15 is 0 Å². The highest BCUT2D eigenvalue weighted by atomic mass is 16.3. The molecule has 0 amide bonds. The largest absolute Gasteiger partial charge is 0.396 e. The van der Waals surface area contributed by atoms with Crippen LogP contribution in [0.2, 0.25) is 0 Å². The molecule has 1 rings (SSSR count). The number of aliphatic hydroxyl groups excluding tert-OH is 1. The summed E-state index contributed by atoms with van der Waals surface area (Å²) in [6.45, 7) is 3.12. The van der Waals surface area contributed by atoms with E-state index in [9.17, 15) is 0 Å². The fourth-order valence-electron chi connectivity index (χ4n) is 1.12. The zero-order chi connectivity index (χ0) is 10.4. The van der Waals surface area contributed by atoms with Crippen LogP contribution in [-0.2, 0) is 7.05 Å². The van der Waals surface area contributed by atoms with Gasteiger partial charge in [-0.05, 0) is 29.2 Å². The molecule has 1 heterocycles. The number of aromatic nitrogens is 4. The van der Waals surface area contributed by atoms with E-state index < -0.39 is 0 Å². The molecule has 6 heteroatoms. The molecular weight excluding hydrogens is 182 g/mol. The van der Waals surface area contributed by atoms with Crippen LogP contribution in [0, 0.1) is 5.92 Å². The molecule has 0 bridgehead atoms. The Labute approximate surface area is 83.3 Å². The van der Waals surface area contributed by atoms with E-state index in [4.69, 9.17) is 5.11 Å². The van der Waals surface area contributed by atoms with Crippen LogP contribution in [0.15, 0.2) is 0 Å². The van der Waals surface area contributed by atoms with E-state index in [0.717, 1.165) is 19.4 Å². The van der Waals surface area contributed by atoms with Gasteiger partial charge in [-0.15, -0.1) is 0 Å². The predicted molar refractivity (Wildman–Crippen MR) is 52.8 cm³/mol. The molecule has 0 saturated carbocycles. The van der Waals surface area contributed by atoms with Gasteiger partial charge in [-0.3, -0.25) is 0 Å². The molecule has 80 valence electrons. The zero-order valence-corrected chi connectivity index (χ0v) is 8.64. The number of nitrogens with zero attached hydrogens (tertiary/aromatic N) is 4. The average molecular weight is 199 g/mol. The molecular formula is C8H17N5O. The Bertz CT molecular complexity index is 262. The Kier molecular flexibility index (Phi) is 4.31. The van der Waals surface area contributed by atoms with Crippen molar-refractivity contribution in [3.63, 3.8) is 0 Å². The van der Waals surface area contributed by atoms with Crippen LogP contribution in [0.1, 0.15) is 19.8 Å². The predicted octanol–water partition coefficient (Wildman–Crippen LogP) is 0.0306. The summed E-state index contributed by atoms with van der Waals surface area (Å²) in [6.07, 6.45) is 2.02. The van der Waals surface area contributed by atoms with Gasteiger partial charge in [-0.1, -0.05) is 12.0 Å². The minimum atomic E-state index is 0.255. The molecule has 0 radical (unpaired) electrons. The van der Waals surface area contributed by atoms with Crippen LogP contribution in [0.25, 0.3) is 0 Å². The SMILES string of the molecule is CC(CO)CCCNc1nnnn1C. The van der Waals surface area contributed by atoms with E-state index in [-0.39, 0.29) is 6.61 Å². The highest BCUT2D eigenvalue weighted by molar-refractivity contribution is 5.20. The first-order chi connectivity index (χ1) is 6.74. The van der Waals surface area contributed by atoms with Gasteiger partial charge in [0.15, 0.2) is 0 Å². The molecule has 1 unspecified atom stereocenters. The Hall–Kier alpha value is -1.17. The van der Waals surface area contributed by atoms with Crippen molar-refractivity contribution in [3.8, 4) is 0 Å². The molecule has 0 aliphatic carbocycles. The minimum Gasteiger partial charge on any atom is -0.396 e. The van der Waals surface area contributed by atoms with Crippen molar-refractivity contribution < 1.29 is 5.11 Å². The molecule has 0 saturated heterocycles. The lowest BCUT2D eigenvalue weighted by Gasteiger charge is -2.07.